The summed E-state index contributed by atoms with van der Waals surface area (Å²) in [5.74, 6) is 1.00. The predicted octanol–water partition coefficient (Wildman–Crippen LogP) is 4.83. The molecule has 0 aromatic carbocycles. The topological polar surface area (TPSA) is 63.9 Å². The van der Waals surface area contributed by atoms with Crippen LogP contribution in [0.1, 0.15) is 53.7 Å². The first-order valence-corrected chi connectivity index (χ1v) is 10.2. The highest BCUT2D eigenvalue weighted by Gasteiger charge is 2.33. The average Bonchev–Trinajstić information content (AvgIpc) is 3.29. The number of pyridine rings is 2. The molecule has 0 unspecified atom stereocenters. The molecule has 3 aromatic heterocycles. The zero-order valence-electron chi connectivity index (χ0n) is 16.8. The maximum Gasteiger partial charge on any atom is 0.434 e. The van der Waals surface area contributed by atoms with Gasteiger partial charge in [0.15, 0.2) is 12.0 Å². The SMILES string of the molecule is O=Cc1cccnc1N(Cc1ccc(-n2cnc(C(F)(F)F)c2)nc1)C1CCCCC1. The molecule has 162 valence electrons. The van der Waals surface area contributed by atoms with Crippen molar-refractivity contribution in [3.8, 4) is 5.82 Å². The normalized spacial score (nSPS) is 15.1. The molecule has 9 heteroatoms. The number of carbonyl (C=O) groups is 1. The molecule has 0 aliphatic heterocycles. The van der Waals surface area contributed by atoms with Crippen LogP contribution in [-0.2, 0) is 12.7 Å². The van der Waals surface area contributed by atoms with E-state index >= 15 is 0 Å². The summed E-state index contributed by atoms with van der Waals surface area (Å²) in [6.45, 7) is 0.507. The number of halogens is 3. The van der Waals surface area contributed by atoms with Gasteiger partial charge in [0.1, 0.15) is 18.0 Å². The molecule has 1 saturated carbocycles. The lowest BCUT2D eigenvalue weighted by Crippen LogP contribution is -2.37. The minimum Gasteiger partial charge on any atom is -0.349 e. The molecule has 0 saturated heterocycles. The third-order valence-corrected chi connectivity index (χ3v) is 5.53. The number of nitrogens with zero attached hydrogens (tertiary/aromatic N) is 5. The molecule has 0 spiro atoms. The Kier molecular flexibility index (Phi) is 6.01. The van der Waals surface area contributed by atoms with Crippen LogP contribution in [-0.4, -0.2) is 31.8 Å². The van der Waals surface area contributed by atoms with Crippen molar-refractivity contribution < 1.29 is 18.0 Å². The minimum atomic E-state index is -4.50. The maximum atomic E-state index is 12.8. The van der Waals surface area contributed by atoms with Gasteiger partial charge in [-0.25, -0.2) is 15.0 Å². The van der Waals surface area contributed by atoms with Crippen LogP contribution in [0.4, 0.5) is 19.0 Å². The summed E-state index contributed by atoms with van der Waals surface area (Å²) in [6.07, 6.45) is 7.16. The maximum absolute atomic E-state index is 12.8. The minimum absolute atomic E-state index is 0.269. The largest absolute Gasteiger partial charge is 0.434 e. The van der Waals surface area contributed by atoms with Gasteiger partial charge in [0, 0.05) is 31.2 Å². The van der Waals surface area contributed by atoms with Crippen molar-refractivity contribution in [2.24, 2.45) is 0 Å². The number of alkyl halides is 3. The standard InChI is InChI=1S/C22H22F3N5O/c23-22(24,25)19-13-29(15-28-19)20-9-8-16(11-27-20)12-30(18-6-2-1-3-7-18)21-17(14-31)5-4-10-26-21/h4-5,8-11,13-15,18H,1-3,6-7,12H2. The summed E-state index contributed by atoms with van der Waals surface area (Å²) in [6, 6.07) is 7.25. The quantitative estimate of drug-likeness (QED) is 0.525. The Labute approximate surface area is 177 Å². The number of aldehydes is 1. The second-order valence-corrected chi connectivity index (χ2v) is 7.64. The summed E-state index contributed by atoms with van der Waals surface area (Å²) in [4.78, 5) is 25.9. The molecule has 0 radical (unpaired) electrons. The van der Waals surface area contributed by atoms with Crippen molar-refractivity contribution in [3.05, 3.63) is 66.0 Å². The molecule has 1 fully saturated rings. The lowest BCUT2D eigenvalue weighted by atomic mass is 9.93. The predicted molar refractivity (Wildman–Crippen MR) is 109 cm³/mol. The van der Waals surface area contributed by atoms with Crippen LogP contribution >= 0.6 is 0 Å². The molecule has 3 aromatic rings. The molecular formula is C22H22F3N5O. The summed E-state index contributed by atoms with van der Waals surface area (Å²) >= 11 is 0. The van der Waals surface area contributed by atoms with E-state index in [-0.39, 0.29) is 6.04 Å². The molecule has 1 aliphatic rings. The van der Waals surface area contributed by atoms with Gasteiger partial charge in [-0.05, 0) is 36.6 Å². The highest BCUT2D eigenvalue weighted by molar-refractivity contribution is 5.82. The van der Waals surface area contributed by atoms with Crippen LogP contribution in [0.3, 0.4) is 0 Å². The van der Waals surface area contributed by atoms with Crippen LogP contribution in [0.2, 0.25) is 0 Å². The molecule has 0 amide bonds. The highest BCUT2D eigenvalue weighted by Crippen LogP contribution is 2.30. The van der Waals surface area contributed by atoms with Crippen LogP contribution < -0.4 is 4.90 Å². The third kappa shape index (κ3) is 4.76. The summed E-state index contributed by atoms with van der Waals surface area (Å²) in [5, 5.41) is 0. The van der Waals surface area contributed by atoms with E-state index in [0.717, 1.165) is 50.1 Å². The smallest absolute Gasteiger partial charge is 0.349 e. The van der Waals surface area contributed by atoms with Crippen molar-refractivity contribution in [3.63, 3.8) is 0 Å². The Hall–Kier alpha value is -3.23. The fraction of sp³-hybridized carbons (Fsp3) is 0.364. The number of aromatic nitrogens is 4. The fourth-order valence-electron chi connectivity index (χ4n) is 3.97. The van der Waals surface area contributed by atoms with Crippen LogP contribution in [0.15, 0.2) is 49.2 Å². The number of rotatable bonds is 6. The van der Waals surface area contributed by atoms with E-state index in [1.54, 1.807) is 30.6 Å². The fourth-order valence-corrected chi connectivity index (χ4v) is 3.97. The first-order chi connectivity index (χ1) is 15.0. The van der Waals surface area contributed by atoms with Gasteiger partial charge in [-0.2, -0.15) is 13.2 Å². The first kappa shape index (κ1) is 21.0. The first-order valence-electron chi connectivity index (χ1n) is 10.2. The second kappa shape index (κ2) is 8.87. The van der Waals surface area contributed by atoms with Crippen molar-refractivity contribution in [2.45, 2.75) is 50.9 Å². The number of imidazole rings is 1. The average molecular weight is 429 g/mol. The summed E-state index contributed by atoms with van der Waals surface area (Å²) in [7, 11) is 0. The molecule has 4 rings (SSSR count). The van der Waals surface area contributed by atoms with Crippen molar-refractivity contribution in [1.29, 1.82) is 0 Å². The Morgan fingerprint density at radius 2 is 1.90 bits per heavy atom. The lowest BCUT2D eigenvalue weighted by Gasteiger charge is -2.36. The van der Waals surface area contributed by atoms with Gasteiger partial charge in [-0.15, -0.1) is 0 Å². The van der Waals surface area contributed by atoms with Crippen LogP contribution in [0.5, 0.6) is 0 Å². The Morgan fingerprint density at radius 3 is 2.55 bits per heavy atom. The van der Waals surface area contributed by atoms with Crippen molar-refractivity contribution >= 4 is 12.1 Å². The van der Waals surface area contributed by atoms with Gasteiger partial charge in [0.25, 0.3) is 0 Å². The molecular weight excluding hydrogens is 407 g/mol. The van der Waals surface area contributed by atoms with Gasteiger partial charge < -0.3 is 4.90 Å². The van der Waals surface area contributed by atoms with Gasteiger partial charge in [-0.3, -0.25) is 9.36 Å². The van der Waals surface area contributed by atoms with E-state index in [9.17, 15) is 18.0 Å². The Bertz CT molecular complexity index is 1030. The lowest BCUT2D eigenvalue weighted by molar-refractivity contribution is -0.140. The van der Waals surface area contributed by atoms with E-state index in [1.807, 2.05) is 6.07 Å². The molecule has 0 N–H and O–H groups in total. The molecule has 31 heavy (non-hydrogen) atoms. The molecule has 0 atom stereocenters. The molecule has 6 nitrogen and oxygen atoms in total. The van der Waals surface area contributed by atoms with Crippen LogP contribution in [0.25, 0.3) is 5.82 Å². The molecule has 3 heterocycles. The van der Waals surface area contributed by atoms with E-state index in [0.29, 0.717) is 23.7 Å². The molecule has 0 bridgehead atoms. The van der Waals surface area contributed by atoms with E-state index in [1.165, 1.54) is 11.0 Å². The van der Waals surface area contributed by atoms with Crippen molar-refractivity contribution in [1.82, 2.24) is 19.5 Å². The number of hydrogen-bond acceptors (Lipinski definition) is 5. The molecule has 1 aliphatic carbocycles. The highest BCUT2D eigenvalue weighted by atomic mass is 19.4. The summed E-state index contributed by atoms with van der Waals surface area (Å²) in [5.41, 5.74) is 0.460. The Balaban J connectivity index is 1.58. The van der Waals surface area contributed by atoms with E-state index < -0.39 is 11.9 Å². The summed E-state index contributed by atoms with van der Waals surface area (Å²) < 4.78 is 39.6. The van der Waals surface area contributed by atoms with E-state index in [4.69, 9.17) is 0 Å². The van der Waals surface area contributed by atoms with E-state index in [2.05, 4.69) is 19.9 Å². The van der Waals surface area contributed by atoms with Crippen LogP contribution in [0, 0.1) is 0 Å². The zero-order valence-corrected chi connectivity index (χ0v) is 16.8. The van der Waals surface area contributed by atoms with Gasteiger partial charge >= 0.3 is 6.18 Å². The second-order valence-electron chi connectivity index (χ2n) is 7.64. The van der Waals surface area contributed by atoms with Gasteiger partial charge in [0.05, 0.1) is 5.56 Å². The Morgan fingerprint density at radius 1 is 1.10 bits per heavy atom. The monoisotopic (exact) mass is 429 g/mol. The van der Waals surface area contributed by atoms with Crippen molar-refractivity contribution in [2.75, 3.05) is 4.90 Å². The number of hydrogen-bond donors (Lipinski definition) is 0. The van der Waals surface area contributed by atoms with Gasteiger partial charge in [-0.1, -0.05) is 25.3 Å². The number of carbonyl (C=O) groups excluding carboxylic acids is 1. The van der Waals surface area contributed by atoms with Gasteiger partial charge in [0.2, 0.25) is 0 Å². The number of anilines is 1. The zero-order chi connectivity index (χ0) is 21.8. The third-order valence-electron chi connectivity index (χ3n) is 5.53.